The number of aliphatic carboxylic acids is 1. The van der Waals surface area contributed by atoms with Crippen molar-refractivity contribution >= 4 is 11.9 Å². The van der Waals surface area contributed by atoms with Crippen LogP contribution in [0.1, 0.15) is 24.1 Å². The highest BCUT2D eigenvalue weighted by molar-refractivity contribution is 5.87. The van der Waals surface area contributed by atoms with E-state index in [2.05, 4.69) is 5.10 Å². The molecule has 2 rings (SSSR count). The van der Waals surface area contributed by atoms with E-state index in [-0.39, 0.29) is 5.91 Å². The topological polar surface area (TPSA) is 75.4 Å². The zero-order chi connectivity index (χ0) is 12.6. The Morgan fingerprint density at radius 2 is 2.35 bits per heavy atom. The minimum atomic E-state index is -0.933. The molecule has 2 heterocycles. The standard InChI is InChI=1S/C11H15N3O3/c1-7-8(5-12-13(7)2)6-14-9(11(16)17)3-4-10(14)15/h5,9H,3-4,6H2,1-2H3,(H,16,17). The first-order valence-corrected chi connectivity index (χ1v) is 5.50. The fraction of sp³-hybridized carbons (Fsp3) is 0.545. The van der Waals surface area contributed by atoms with Gasteiger partial charge in [0.25, 0.3) is 0 Å². The number of amides is 1. The quantitative estimate of drug-likeness (QED) is 0.820. The van der Waals surface area contributed by atoms with Crippen LogP contribution in [0.15, 0.2) is 6.20 Å². The summed E-state index contributed by atoms with van der Waals surface area (Å²) in [7, 11) is 1.82. The molecule has 0 radical (unpaired) electrons. The first kappa shape index (κ1) is 11.6. The molecule has 1 amide bonds. The number of aromatic nitrogens is 2. The van der Waals surface area contributed by atoms with Crippen LogP contribution in [-0.2, 0) is 23.2 Å². The number of carboxylic acids is 1. The molecule has 1 unspecified atom stereocenters. The summed E-state index contributed by atoms with van der Waals surface area (Å²) in [5.41, 5.74) is 1.85. The van der Waals surface area contributed by atoms with E-state index in [0.717, 1.165) is 11.3 Å². The van der Waals surface area contributed by atoms with Gasteiger partial charge in [-0.05, 0) is 13.3 Å². The number of likely N-dealkylation sites (tertiary alicyclic amines) is 1. The smallest absolute Gasteiger partial charge is 0.326 e. The number of carbonyl (C=O) groups is 2. The van der Waals surface area contributed by atoms with Gasteiger partial charge < -0.3 is 10.0 Å². The molecule has 1 aliphatic rings. The molecule has 92 valence electrons. The molecule has 1 aliphatic heterocycles. The Kier molecular flexibility index (Phi) is 2.87. The van der Waals surface area contributed by atoms with Gasteiger partial charge in [0.2, 0.25) is 5.91 Å². The Morgan fingerprint density at radius 3 is 2.88 bits per heavy atom. The van der Waals surface area contributed by atoms with Gasteiger partial charge in [-0.2, -0.15) is 5.10 Å². The summed E-state index contributed by atoms with van der Waals surface area (Å²) in [5.74, 6) is -1.03. The number of rotatable bonds is 3. The minimum absolute atomic E-state index is 0.0966. The lowest BCUT2D eigenvalue weighted by atomic mass is 10.2. The second-order valence-corrected chi connectivity index (χ2v) is 4.29. The van der Waals surface area contributed by atoms with Gasteiger partial charge in [-0.25, -0.2) is 4.79 Å². The maximum atomic E-state index is 11.6. The van der Waals surface area contributed by atoms with Gasteiger partial charge in [0.15, 0.2) is 0 Å². The van der Waals surface area contributed by atoms with E-state index in [1.165, 1.54) is 4.90 Å². The van der Waals surface area contributed by atoms with Gasteiger partial charge in [0.05, 0.1) is 6.20 Å². The summed E-state index contributed by atoms with van der Waals surface area (Å²) in [5, 5.41) is 13.1. The third kappa shape index (κ3) is 2.02. The highest BCUT2D eigenvalue weighted by Gasteiger charge is 2.36. The van der Waals surface area contributed by atoms with Crippen molar-refractivity contribution in [1.29, 1.82) is 0 Å². The molecule has 0 spiro atoms. The highest BCUT2D eigenvalue weighted by Crippen LogP contribution is 2.22. The second-order valence-electron chi connectivity index (χ2n) is 4.29. The van der Waals surface area contributed by atoms with Crippen molar-refractivity contribution < 1.29 is 14.7 Å². The SMILES string of the molecule is Cc1c(CN2C(=O)CCC2C(=O)O)cnn1C. The van der Waals surface area contributed by atoms with Crippen LogP contribution in [0.2, 0.25) is 0 Å². The average molecular weight is 237 g/mol. The highest BCUT2D eigenvalue weighted by atomic mass is 16.4. The van der Waals surface area contributed by atoms with Gasteiger partial charge in [-0.15, -0.1) is 0 Å². The molecule has 1 saturated heterocycles. The summed E-state index contributed by atoms with van der Waals surface area (Å²) < 4.78 is 1.71. The van der Waals surface area contributed by atoms with E-state index in [1.54, 1.807) is 10.9 Å². The van der Waals surface area contributed by atoms with Crippen molar-refractivity contribution in [2.75, 3.05) is 0 Å². The molecule has 0 saturated carbocycles. The molecule has 6 heteroatoms. The molecular weight excluding hydrogens is 222 g/mol. The zero-order valence-electron chi connectivity index (χ0n) is 9.88. The van der Waals surface area contributed by atoms with Crippen LogP contribution in [-0.4, -0.2) is 37.7 Å². The van der Waals surface area contributed by atoms with Crippen LogP contribution in [0.3, 0.4) is 0 Å². The molecule has 1 aromatic rings. The molecule has 0 aliphatic carbocycles. The molecule has 0 bridgehead atoms. The van der Waals surface area contributed by atoms with Crippen LogP contribution in [0.5, 0.6) is 0 Å². The Balaban J connectivity index is 2.19. The fourth-order valence-electron chi connectivity index (χ4n) is 2.07. The van der Waals surface area contributed by atoms with E-state index in [1.807, 2.05) is 14.0 Å². The van der Waals surface area contributed by atoms with E-state index in [9.17, 15) is 9.59 Å². The van der Waals surface area contributed by atoms with E-state index in [0.29, 0.717) is 19.4 Å². The predicted molar refractivity (Wildman–Crippen MR) is 59.2 cm³/mol. The van der Waals surface area contributed by atoms with Crippen LogP contribution in [0.25, 0.3) is 0 Å². The van der Waals surface area contributed by atoms with Gasteiger partial charge in [0, 0.05) is 31.3 Å². The maximum absolute atomic E-state index is 11.6. The number of nitrogens with zero attached hydrogens (tertiary/aromatic N) is 3. The second kappa shape index (κ2) is 4.20. The predicted octanol–water partition coefficient (Wildman–Crippen LogP) is 0.304. The van der Waals surface area contributed by atoms with Crippen molar-refractivity contribution in [3.63, 3.8) is 0 Å². The molecule has 1 atom stereocenters. The molecule has 1 aromatic heterocycles. The molecule has 1 N–H and O–H groups in total. The normalized spacial score (nSPS) is 20.0. The molecule has 0 aromatic carbocycles. The van der Waals surface area contributed by atoms with Crippen molar-refractivity contribution in [3.8, 4) is 0 Å². The number of carboxylic acid groups (broad SMARTS) is 1. The largest absolute Gasteiger partial charge is 0.480 e. The Labute approximate surface area is 98.8 Å². The van der Waals surface area contributed by atoms with E-state index in [4.69, 9.17) is 5.11 Å². The molecule has 1 fully saturated rings. The van der Waals surface area contributed by atoms with Gasteiger partial charge in [-0.3, -0.25) is 9.48 Å². The average Bonchev–Trinajstić information content (AvgIpc) is 2.78. The minimum Gasteiger partial charge on any atom is -0.480 e. The van der Waals surface area contributed by atoms with Crippen LogP contribution in [0, 0.1) is 6.92 Å². The lowest BCUT2D eigenvalue weighted by molar-refractivity contribution is -0.146. The lowest BCUT2D eigenvalue weighted by Gasteiger charge is -2.21. The number of hydrogen-bond donors (Lipinski definition) is 1. The van der Waals surface area contributed by atoms with Crippen molar-refractivity contribution in [2.24, 2.45) is 7.05 Å². The van der Waals surface area contributed by atoms with Crippen molar-refractivity contribution in [2.45, 2.75) is 32.4 Å². The van der Waals surface area contributed by atoms with E-state index < -0.39 is 12.0 Å². The number of hydrogen-bond acceptors (Lipinski definition) is 3. The first-order valence-electron chi connectivity index (χ1n) is 5.50. The van der Waals surface area contributed by atoms with Gasteiger partial charge in [0.1, 0.15) is 6.04 Å². The summed E-state index contributed by atoms with van der Waals surface area (Å²) in [4.78, 5) is 24.1. The van der Waals surface area contributed by atoms with E-state index >= 15 is 0 Å². The molecule has 6 nitrogen and oxygen atoms in total. The Morgan fingerprint density at radius 1 is 1.65 bits per heavy atom. The number of aryl methyl sites for hydroxylation is 1. The number of carbonyl (C=O) groups excluding carboxylic acids is 1. The summed E-state index contributed by atoms with van der Waals surface area (Å²) >= 11 is 0. The molecular formula is C11H15N3O3. The van der Waals surface area contributed by atoms with Crippen LogP contribution < -0.4 is 0 Å². The maximum Gasteiger partial charge on any atom is 0.326 e. The lowest BCUT2D eigenvalue weighted by Crippen LogP contribution is -2.38. The first-order chi connectivity index (χ1) is 8.00. The van der Waals surface area contributed by atoms with Crippen molar-refractivity contribution in [1.82, 2.24) is 14.7 Å². The zero-order valence-corrected chi connectivity index (χ0v) is 9.88. The van der Waals surface area contributed by atoms with Crippen molar-refractivity contribution in [3.05, 3.63) is 17.5 Å². The third-order valence-electron chi connectivity index (χ3n) is 3.29. The molecule has 17 heavy (non-hydrogen) atoms. The summed E-state index contributed by atoms with van der Waals surface area (Å²) in [6.07, 6.45) is 2.39. The van der Waals surface area contributed by atoms with Crippen LogP contribution >= 0.6 is 0 Å². The fourth-order valence-corrected chi connectivity index (χ4v) is 2.07. The Bertz CT molecular complexity index is 467. The van der Waals surface area contributed by atoms with Gasteiger partial charge >= 0.3 is 5.97 Å². The Hall–Kier alpha value is -1.85. The monoisotopic (exact) mass is 237 g/mol. The summed E-state index contributed by atoms with van der Waals surface area (Å²) in [6.45, 7) is 2.23. The van der Waals surface area contributed by atoms with Crippen LogP contribution in [0.4, 0.5) is 0 Å². The summed E-state index contributed by atoms with van der Waals surface area (Å²) in [6, 6.07) is -0.692. The third-order valence-corrected chi connectivity index (χ3v) is 3.29. The van der Waals surface area contributed by atoms with Gasteiger partial charge in [-0.1, -0.05) is 0 Å².